The van der Waals surface area contributed by atoms with E-state index in [1.807, 2.05) is 6.92 Å². The minimum atomic E-state index is -3.68. The largest absolute Gasteiger partial charge is 0.325 e. The molecule has 2 N–H and O–H groups in total. The van der Waals surface area contributed by atoms with Crippen molar-refractivity contribution < 1.29 is 14.4 Å². The van der Waals surface area contributed by atoms with Crippen LogP contribution in [0.5, 0.6) is 0 Å². The predicted molar refractivity (Wildman–Crippen MR) is 37.6 cm³/mol. The molecule has 0 heterocycles. The average Bonchev–Trinajstić information content (AvgIpc) is 1.59. The van der Waals surface area contributed by atoms with Crippen LogP contribution in [0.15, 0.2) is 0 Å². The van der Waals surface area contributed by atoms with Gasteiger partial charge >= 0.3 is 7.60 Å². The summed E-state index contributed by atoms with van der Waals surface area (Å²) in [7, 11) is -3.68. The molecule has 3 nitrogen and oxygen atoms in total. The molecule has 0 aromatic carbocycles. The zero-order valence-corrected chi connectivity index (χ0v) is 8.77. The van der Waals surface area contributed by atoms with Crippen molar-refractivity contribution in [2.75, 3.05) is 6.16 Å². The van der Waals surface area contributed by atoms with Crippen LogP contribution in [0.1, 0.15) is 19.8 Å². The molecular weight excluding hydrogens is 150 g/mol. The maximum Gasteiger partial charge on any atom is 0.325 e. The van der Waals surface area contributed by atoms with Crippen LogP contribution in [0.4, 0.5) is 0 Å². The first-order chi connectivity index (χ1) is 3.56. The van der Waals surface area contributed by atoms with Gasteiger partial charge < -0.3 is 9.79 Å². The Hall–Kier alpha value is 1.15. The van der Waals surface area contributed by atoms with Crippen molar-refractivity contribution in [2.24, 2.45) is 0 Å². The van der Waals surface area contributed by atoms with Gasteiger partial charge in [0.25, 0.3) is 0 Å². The number of unbranched alkanes of at least 4 members (excludes halogenated alkanes) is 1. The number of hydrogen-bond donors (Lipinski definition) is 2. The zero-order valence-electron chi connectivity index (χ0n) is 5.87. The Morgan fingerprint density at radius 1 is 1.44 bits per heavy atom. The fraction of sp³-hybridized carbons (Fsp3) is 1.00. The van der Waals surface area contributed by atoms with Crippen molar-refractivity contribution in [1.82, 2.24) is 0 Å². The fourth-order valence-electron chi connectivity index (χ4n) is 0.364. The summed E-state index contributed by atoms with van der Waals surface area (Å²) < 4.78 is 10.1. The van der Waals surface area contributed by atoms with E-state index in [9.17, 15) is 4.57 Å². The smallest absolute Gasteiger partial charge is 0.324 e. The summed E-state index contributed by atoms with van der Waals surface area (Å²) in [6.45, 7) is 1.90. The zero-order chi connectivity index (χ0) is 6.62. The summed E-state index contributed by atoms with van der Waals surface area (Å²) in [5.41, 5.74) is 0. The van der Waals surface area contributed by atoms with Gasteiger partial charge in [0.1, 0.15) is 0 Å². The summed E-state index contributed by atoms with van der Waals surface area (Å²) in [5.74, 6) is 0. The molecule has 0 atom stereocenters. The third-order valence-electron chi connectivity index (χ3n) is 0.803. The van der Waals surface area contributed by atoms with Gasteiger partial charge in [-0.1, -0.05) is 13.3 Å². The molecule has 0 saturated carbocycles. The van der Waals surface area contributed by atoms with E-state index in [0.29, 0.717) is 6.42 Å². The Kier molecular flexibility index (Phi) is 8.39. The maximum absolute atomic E-state index is 10.1. The molecule has 0 amide bonds. The topological polar surface area (TPSA) is 57.5 Å². The average molecular weight is 161 g/mol. The minimum Gasteiger partial charge on any atom is -0.324 e. The van der Waals surface area contributed by atoms with Gasteiger partial charge in [-0.2, -0.15) is 0 Å². The van der Waals surface area contributed by atoms with Gasteiger partial charge in [-0.05, 0) is 6.42 Å². The Labute approximate surface area is 77.3 Å². The predicted octanol–water partition coefficient (Wildman–Crippen LogP) is 0.583. The molecule has 0 spiro atoms. The minimum absolute atomic E-state index is 0. The van der Waals surface area contributed by atoms with Gasteiger partial charge in [0.15, 0.2) is 0 Å². The summed E-state index contributed by atoms with van der Waals surface area (Å²) in [5, 5.41) is 0. The van der Waals surface area contributed by atoms with Crippen LogP contribution in [0.25, 0.3) is 0 Å². The molecule has 0 bridgehead atoms. The standard InChI is InChI=1S/C4H11O3P.Na/c1-2-3-4-8(5,6)7;/h2-4H2,1H3,(H2,5,6,7);. The third-order valence-corrected chi connectivity index (χ3v) is 1.70. The first-order valence-corrected chi connectivity index (χ1v) is 4.40. The molecule has 0 aliphatic heterocycles. The molecule has 0 aromatic heterocycles. The van der Waals surface area contributed by atoms with Crippen molar-refractivity contribution >= 4 is 37.2 Å². The first kappa shape index (κ1) is 12.8. The Balaban J connectivity index is 0. The Bertz CT molecular complexity index is 100.0. The second-order valence-electron chi connectivity index (χ2n) is 1.74. The molecule has 0 aromatic rings. The van der Waals surface area contributed by atoms with Gasteiger partial charge in [-0.3, -0.25) is 4.57 Å². The van der Waals surface area contributed by atoms with Crippen molar-refractivity contribution in [3.63, 3.8) is 0 Å². The van der Waals surface area contributed by atoms with E-state index in [-0.39, 0.29) is 35.7 Å². The number of rotatable bonds is 3. The van der Waals surface area contributed by atoms with E-state index in [4.69, 9.17) is 9.79 Å². The van der Waals surface area contributed by atoms with E-state index in [1.165, 1.54) is 0 Å². The van der Waals surface area contributed by atoms with Crippen molar-refractivity contribution in [3.05, 3.63) is 0 Å². The molecule has 0 aliphatic carbocycles. The van der Waals surface area contributed by atoms with Crippen molar-refractivity contribution in [1.29, 1.82) is 0 Å². The summed E-state index contributed by atoms with van der Waals surface area (Å²) in [6.07, 6.45) is 1.49. The van der Waals surface area contributed by atoms with Crippen LogP contribution in [0.2, 0.25) is 0 Å². The van der Waals surface area contributed by atoms with Crippen molar-refractivity contribution in [3.8, 4) is 0 Å². The van der Waals surface area contributed by atoms with Gasteiger partial charge in [0, 0.05) is 35.7 Å². The monoisotopic (exact) mass is 161 g/mol. The fourth-order valence-corrected chi connectivity index (χ4v) is 1.09. The SMILES string of the molecule is CCCCP(=O)(O)O.[Na]. The van der Waals surface area contributed by atoms with Crippen LogP contribution >= 0.6 is 7.60 Å². The Morgan fingerprint density at radius 3 is 2.00 bits per heavy atom. The molecule has 5 heteroatoms. The maximum atomic E-state index is 10.1. The van der Waals surface area contributed by atoms with Gasteiger partial charge in [0.05, 0.1) is 0 Å². The quantitative estimate of drug-likeness (QED) is 0.470. The number of hydrogen-bond acceptors (Lipinski definition) is 1. The molecule has 0 saturated heterocycles. The van der Waals surface area contributed by atoms with Crippen molar-refractivity contribution in [2.45, 2.75) is 19.8 Å². The molecule has 51 valence electrons. The second kappa shape index (κ2) is 5.90. The Morgan fingerprint density at radius 2 is 1.89 bits per heavy atom. The van der Waals surface area contributed by atoms with E-state index >= 15 is 0 Å². The van der Waals surface area contributed by atoms with E-state index in [0.717, 1.165) is 6.42 Å². The second-order valence-corrected chi connectivity index (χ2v) is 3.52. The van der Waals surface area contributed by atoms with Gasteiger partial charge in [0.2, 0.25) is 0 Å². The summed E-state index contributed by atoms with van der Waals surface area (Å²) in [6, 6.07) is 0. The summed E-state index contributed by atoms with van der Waals surface area (Å²) >= 11 is 0. The van der Waals surface area contributed by atoms with Crippen LogP contribution in [0, 0.1) is 0 Å². The first-order valence-electron chi connectivity index (χ1n) is 2.61. The van der Waals surface area contributed by atoms with Crippen LogP contribution in [-0.4, -0.2) is 45.5 Å². The van der Waals surface area contributed by atoms with Gasteiger partial charge in [-0.25, -0.2) is 0 Å². The summed E-state index contributed by atoms with van der Waals surface area (Å²) in [4.78, 5) is 16.5. The van der Waals surface area contributed by atoms with Crippen LogP contribution in [-0.2, 0) is 4.57 Å². The normalized spacial score (nSPS) is 10.6. The van der Waals surface area contributed by atoms with E-state index in [1.54, 1.807) is 0 Å². The molecule has 1 radical (unpaired) electrons. The van der Waals surface area contributed by atoms with Crippen LogP contribution in [0.3, 0.4) is 0 Å². The third kappa shape index (κ3) is 12.4. The molecule has 0 aliphatic rings. The van der Waals surface area contributed by atoms with E-state index < -0.39 is 7.60 Å². The van der Waals surface area contributed by atoms with Crippen LogP contribution < -0.4 is 0 Å². The van der Waals surface area contributed by atoms with Gasteiger partial charge in [-0.15, -0.1) is 0 Å². The molecule has 0 fully saturated rings. The molecule has 0 unspecified atom stereocenters. The molecule has 0 rings (SSSR count). The molecule has 9 heavy (non-hydrogen) atoms. The molecular formula is C4H11NaO3P. The van der Waals surface area contributed by atoms with E-state index in [2.05, 4.69) is 0 Å².